The Morgan fingerprint density at radius 3 is 2.62 bits per heavy atom. The van der Waals surface area contributed by atoms with Crippen molar-refractivity contribution in [1.29, 1.82) is 0 Å². The summed E-state index contributed by atoms with van der Waals surface area (Å²) in [6.07, 6.45) is 4.59. The van der Waals surface area contributed by atoms with E-state index in [1.807, 2.05) is 19.1 Å². The van der Waals surface area contributed by atoms with Crippen molar-refractivity contribution >= 4 is 5.91 Å². The highest BCUT2D eigenvalue weighted by molar-refractivity contribution is 5.94. The second-order valence-electron chi connectivity index (χ2n) is 5.58. The van der Waals surface area contributed by atoms with E-state index in [0.717, 1.165) is 18.6 Å². The topological polar surface area (TPSA) is 88.2 Å². The normalized spacial score (nSPS) is 12.0. The lowest BCUT2D eigenvalue weighted by molar-refractivity contribution is 0.0936. The van der Waals surface area contributed by atoms with Crippen molar-refractivity contribution in [3.8, 4) is 11.5 Å². The number of hydrogen-bond acceptors (Lipinski definition) is 4. The van der Waals surface area contributed by atoms with Gasteiger partial charge in [-0.25, -0.2) is 0 Å². The van der Waals surface area contributed by atoms with Crippen LogP contribution in [0, 0.1) is 0 Å². The van der Waals surface area contributed by atoms with Crippen molar-refractivity contribution in [3.63, 3.8) is 0 Å². The zero-order valence-corrected chi connectivity index (χ0v) is 13.2. The molecule has 0 aliphatic rings. The van der Waals surface area contributed by atoms with Crippen LogP contribution >= 0.6 is 0 Å². The zero-order chi connectivity index (χ0) is 16.9. The maximum Gasteiger partial charge on any atom is 0.261 e. The van der Waals surface area contributed by atoms with Gasteiger partial charge in [0.25, 0.3) is 11.5 Å². The Morgan fingerprint density at radius 2 is 1.96 bits per heavy atom. The average Bonchev–Trinajstić information content (AvgIpc) is 3.26. The van der Waals surface area contributed by atoms with Gasteiger partial charge >= 0.3 is 0 Å². The minimum Gasteiger partial charge on any atom is -0.469 e. The summed E-state index contributed by atoms with van der Waals surface area (Å²) in [6, 6.07) is 10.3. The highest BCUT2D eigenvalue weighted by Crippen LogP contribution is 2.15. The average molecular weight is 326 g/mol. The molecule has 0 aromatic carbocycles. The van der Waals surface area contributed by atoms with Gasteiger partial charge in [-0.2, -0.15) is 0 Å². The molecule has 0 radical (unpaired) electrons. The van der Waals surface area contributed by atoms with E-state index in [0.29, 0.717) is 11.5 Å². The summed E-state index contributed by atoms with van der Waals surface area (Å²) in [4.78, 5) is 27.0. The number of aryl methyl sites for hydroxylation is 1. The number of rotatable bonds is 6. The Hall–Kier alpha value is -3.02. The quantitative estimate of drug-likeness (QED) is 0.729. The molecular weight excluding hydrogens is 308 g/mol. The Balaban J connectivity index is 1.63. The van der Waals surface area contributed by atoms with Crippen molar-refractivity contribution in [1.82, 2.24) is 10.3 Å². The molecule has 0 saturated carbocycles. The smallest absolute Gasteiger partial charge is 0.261 e. The molecule has 6 nitrogen and oxygen atoms in total. The number of nitrogens with one attached hydrogen (secondary N) is 2. The van der Waals surface area contributed by atoms with Crippen molar-refractivity contribution < 1.29 is 13.6 Å². The SMILES string of the molecule is C[C@H](CCc1ccco1)NC(=O)c1ccc(-c2ccco2)[nH]c1=O. The minimum absolute atomic E-state index is 0.0771. The molecule has 0 aliphatic heterocycles. The first-order valence-corrected chi connectivity index (χ1v) is 7.74. The van der Waals surface area contributed by atoms with E-state index in [-0.39, 0.29) is 11.6 Å². The number of aromatic amines is 1. The van der Waals surface area contributed by atoms with Crippen LogP contribution in [0.15, 0.2) is 62.6 Å². The number of hydrogen-bond donors (Lipinski definition) is 2. The maximum absolute atomic E-state index is 12.3. The molecule has 1 amide bonds. The summed E-state index contributed by atoms with van der Waals surface area (Å²) >= 11 is 0. The van der Waals surface area contributed by atoms with Crippen molar-refractivity contribution in [2.45, 2.75) is 25.8 Å². The van der Waals surface area contributed by atoms with E-state index >= 15 is 0 Å². The van der Waals surface area contributed by atoms with Crippen LogP contribution in [0.4, 0.5) is 0 Å². The Labute approximate surface area is 138 Å². The molecule has 124 valence electrons. The molecule has 0 unspecified atom stereocenters. The highest BCUT2D eigenvalue weighted by atomic mass is 16.3. The fourth-order valence-corrected chi connectivity index (χ4v) is 2.42. The molecule has 24 heavy (non-hydrogen) atoms. The van der Waals surface area contributed by atoms with Crippen molar-refractivity contribution in [3.05, 3.63) is 70.6 Å². The van der Waals surface area contributed by atoms with Gasteiger partial charge in [-0.1, -0.05) is 0 Å². The highest BCUT2D eigenvalue weighted by Gasteiger charge is 2.15. The summed E-state index contributed by atoms with van der Waals surface area (Å²) in [5.74, 6) is 1.02. The number of pyridine rings is 1. The molecular formula is C18H18N2O4. The van der Waals surface area contributed by atoms with Gasteiger partial charge in [0.15, 0.2) is 0 Å². The fourth-order valence-electron chi connectivity index (χ4n) is 2.42. The van der Waals surface area contributed by atoms with Crippen LogP contribution in [0.1, 0.15) is 29.5 Å². The van der Waals surface area contributed by atoms with E-state index in [1.54, 1.807) is 24.5 Å². The molecule has 6 heteroatoms. The van der Waals surface area contributed by atoms with E-state index in [2.05, 4.69) is 10.3 Å². The summed E-state index contributed by atoms with van der Waals surface area (Å²) in [5, 5.41) is 2.83. The summed E-state index contributed by atoms with van der Waals surface area (Å²) < 4.78 is 10.5. The van der Waals surface area contributed by atoms with E-state index in [1.165, 1.54) is 12.3 Å². The predicted octanol–water partition coefficient (Wildman–Crippen LogP) is 2.98. The first-order valence-electron chi connectivity index (χ1n) is 7.74. The first-order chi connectivity index (χ1) is 11.6. The molecule has 3 rings (SSSR count). The zero-order valence-electron chi connectivity index (χ0n) is 13.2. The standard InChI is InChI=1S/C18H18N2O4/c1-12(6-7-13-4-2-10-23-13)19-17(21)14-8-9-15(20-18(14)22)16-5-3-11-24-16/h2-5,8-12H,6-7H2,1H3,(H,19,21)(H,20,22)/t12-/m1/s1. The summed E-state index contributed by atoms with van der Waals surface area (Å²) in [6.45, 7) is 1.90. The third-order valence-corrected chi connectivity index (χ3v) is 3.72. The Morgan fingerprint density at radius 1 is 1.17 bits per heavy atom. The van der Waals surface area contributed by atoms with Gasteiger partial charge in [0.1, 0.15) is 17.1 Å². The Bertz CT molecular complexity index is 848. The molecule has 3 aromatic rings. The van der Waals surface area contributed by atoms with Gasteiger partial charge < -0.3 is 19.1 Å². The van der Waals surface area contributed by atoms with Crippen LogP contribution in [0.5, 0.6) is 0 Å². The van der Waals surface area contributed by atoms with Gasteiger partial charge in [-0.3, -0.25) is 9.59 Å². The van der Waals surface area contributed by atoms with Crippen molar-refractivity contribution in [2.24, 2.45) is 0 Å². The van der Waals surface area contributed by atoms with Gasteiger partial charge in [0, 0.05) is 12.5 Å². The number of carbonyl (C=O) groups excluding carboxylic acids is 1. The van der Waals surface area contributed by atoms with Gasteiger partial charge in [-0.05, 0) is 49.7 Å². The Kier molecular flexibility index (Phi) is 4.65. The number of amides is 1. The number of H-pyrrole nitrogens is 1. The van der Waals surface area contributed by atoms with E-state index in [4.69, 9.17) is 8.83 Å². The molecule has 2 N–H and O–H groups in total. The summed E-state index contributed by atoms with van der Waals surface area (Å²) in [5.41, 5.74) is 0.169. The van der Waals surface area contributed by atoms with Gasteiger partial charge in [0.05, 0.1) is 18.2 Å². The second kappa shape index (κ2) is 7.04. The first kappa shape index (κ1) is 15.9. The van der Waals surface area contributed by atoms with Crippen LogP contribution in [0.2, 0.25) is 0 Å². The molecule has 0 aliphatic carbocycles. The second-order valence-corrected chi connectivity index (χ2v) is 5.58. The lowest BCUT2D eigenvalue weighted by atomic mass is 10.1. The molecule has 1 atom stereocenters. The minimum atomic E-state index is -0.445. The lowest BCUT2D eigenvalue weighted by Gasteiger charge is -2.13. The third kappa shape index (κ3) is 3.65. The third-order valence-electron chi connectivity index (χ3n) is 3.72. The van der Waals surface area contributed by atoms with Gasteiger partial charge in [0.2, 0.25) is 0 Å². The molecule has 0 bridgehead atoms. The van der Waals surface area contributed by atoms with Crippen LogP contribution in [0.3, 0.4) is 0 Å². The molecule has 3 heterocycles. The van der Waals surface area contributed by atoms with Crippen LogP contribution in [0.25, 0.3) is 11.5 Å². The van der Waals surface area contributed by atoms with Gasteiger partial charge in [-0.15, -0.1) is 0 Å². The molecule has 3 aromatic heterocycles. The van der Waals surface area contributed by atoms with Crippen LogP contribution in [-0.2, 0) is 6.42 Å². The molecule has 0 fully saturated rings. The van der Waals surface area contributed by atoms with Crippen LogP contribution in [-0.4, -0.2) is 16.9 Å². The van der Waals surface area contributed by atoms with Crippen LogP contribution < -0.4 is 10.9 Å². The van der Waals surface area contributed by atoms with E-state index in [9.17, 15) is 9.59 Å². The lowest BCUT2D eigenvalue weighted by Crippen LogP contribution is -2.36. The number of carbonyl (C=O) groups is 1. The van der Waals surface area contributed by atoms with E-state index < -0.39 is 11.5 Å². The number of furan rings is 2. The monoisotopic (exact) mass is 326 g/mol. The summed E-state index contributed by atoms with van der Waals surface area (Å²) in [7, 11) is 0. The predicted molar refractivity (Wildman–Crippen MR) is 88.7 cm³/mol. The molecule has 0 spiro atoms. The maximum atomic E-state index is 12.3. The van der Waals surface area contributed by atoms with Crippen molar-refractivity contribution in [2.75, 3.05) is 0 Å². The fraction of sp³-hybridized carbons (Fsp3) is 0.222. The number of aromatic nitrogens is 1. The largest absolute Gasteiger partial charge is 0.469 e. The molecule has 0 saturated heterocycles.